The Hall–Kier alpha value is -3.94. The molecule has 8 heteroatoms. The summed E-state index contributed by atoms with van der Waals surface area (Å²) in [5, 5.41) is 3.38. The number of ketones is 1. The molecule has 0 bridgehead atoms. The van der Waals surface area contributed by atoms with Gasteiger partial charge in [-0.25, -0.2) is 4.79 Å². The van der Waals surface area contributed by atoms with Gasteiger partial charge >= 0.3 is 5.97 Å². The van der Waals surface area contributed by atoms with Gasteiger partial charge in [-0.1, -0.05) is 12.1 Å². The number of allylic oxidation sites excluding steroid dienone is 3. The highest BCUT2D eigenvalue weighted by Crippen LogP contribution is 2.48. The molecule has 1 N–H and O–H groups in total. The van der Waals surface area contributed by atoms with Gasteiger partial charge in [-0.15, -0.1) is 0 Å². The number of hydrogen-bond donors (Lipinski definition) is 1. The lowest BCUT2D eigenvalue weighted by Crippen LogP contribution is -2.36. The van der Waals surface area contributed by atoms with Crippen molar-refractivity contribution in [3.63, 3.8) is 0 Å². The summed E-state index contributed by atoms with van der Waals surface area (Å²) in [5.74, 6) is 1.18. The van der Waals surface area contributed by atoms with Crippen molar-refractivity contribution in [2.24, 2.45) is 0 Å². The quantitative estimate of drug-likeness (QED) is 0.484. The third-order valence-electron chi connectivity index (χ3n) is 7.02. The van der Waals surface area contributed by atoms with E-state index in [1.54, 1.807) is 54.4 Å². The lowest BCUT2D eigenvalue weighted by molar-refractivity contribution is -0.143. The van der Waals surface area contributed by atoms with E-state index in [9.17, 15) is 9.59 Å². The van der Waals surface area contributed by atoms with E-state index in [4.69, 9.17) is 23.7 Å². The third-order valence-corrected chi connectivity index (χ3v) is 7.02. The van der Waals surface area contributed by atoms with Crippen LogP contribution in [0.5, 0.6) is 23.0 Å². The molecule has 8 nitrogen and oxygen atoms in total. The zero-order chi connectivity index (χ0) is 27.6. The average Bonchev–Trinajstić information content (AvgIpc) is 2.90. The number of carbonyl (C=O) groups is 2. The number of dihydropyridines is 1. The Morgan fingerprint density at radius 1 is 0.895 bits per heavy atom. The second-order valence-electron chi connectivity index (χ2n) is 9.69. The smallest absolute Gasteiger partial charge is 0.337 e. The number of Topliss-reactive ketones (excluding diaryl/α,β-unsaturated/α-hetero) is 1. The first kappa shape index (κ1) is 27.1. The second-order valence-corrected chi connectivity index (χ2v) is 9.69. The number of carbonyl (C=O) groups excluding carboxylic acids is 2. The monoisotopic (exact) mass is 521 g/mol. The van der Waals surface area contributed by atoms with Crippen LogP contribution in [0.25, 0.3) is 0 Å². The van der Waals surface area contributed by atoms with Crippen molar-refractivity contribution in [2.45, 2.75) is 51.6 Å². The van der Waals surface area contributed by atoms with Gasteiger partial charge < -0.3 is 29.0 Å². The van der Waals surface area contributed by atoms with Crippen molar-refractivity contribution in [2.75, 3.05) is 28.4 Å². The summed E-state index contributed by atoms with van der Waals surface area (Å²) in [6.07, 6.45) is 0.569. The maximum Gasteiger partial charge on any atom is 0.337 e. The van der Waals surface area contributed by atoms with Gasteiger partial charge in [0.2, 0.25) is 0 Å². The number of nitrogens with one attached hydrogen (secondary N) is 1. The zero-order valence-corrected chi connectivity index (χ0v) is 23.0. The van der Waals surface area contributed by atoms with E-state index in [2.05, 4.69) is 5.32 Å². The van der Waals surface area contributed by atoms with Crippen molar-refractivity contribution >= 4 is 11.8 Å². The van der Waals surface area contributed by atoms with E-state index < -0.39 is 11.9 Å². The minimum absolute atomic E-state index is 0.0382. The molecule has 0 saturated carbocycles. The summed E-state index contributed by atoms with van der Waals surface area (Å²) in [7, 11) is 6.33. The fourth-order valence-corrected chi connectivity index (χ4v) is 5.30. The molecule has 2 aromatic rings. The van der Waals surface area contributed by atoms with Crippen LogP contribution in [0.4, 0.5) is 0 Å². The van der Waals surface area contributed by atoms with Crippen molar-refractivity contribution in [1.82, 2.24) is 5.32 Å². The van der Waals surface area contributed by atoms with Crippen molar-refractivity contribution in [1.29, 1.82) is 0 Å². The molecular weight excluding hydrogens is 486 g/mol. The van der Waals surface area contributed by atoms with Gasteiger partial charge in [0.15, 0.2) is 17.3 Å². The summed E-state index contributed by atoms with van der Waals surface area (Å²) in [4.78, 5) is 27.3. The number of methoxy groups -OCH3 is 4. The number of esters is 1. The van der Waals surface area contributed by atoms with Crippen LogP contribution in [-0.2, 0) is 14.3 Å². The Labute approximate surface area is 223 Å². The van der Waals surface area contributed by atoms with Gasteiger partial charge in [-0.05, 0) is 56.9 Å². The fourth-order valence-electron chi connectivity index (χ4n) is 5.30. The number of ether oxygens (including phenoxy) is 5. The predicted octanol–water partition coefficient (Wildman–Crippen LogP) is 5.03. The molecule has 0 radical (unpaired) electrons. The topological polar surface area (TPSA) is 92.3 Å². The first-order valence-corrected chi connectivity index (χ1v) is 12.6. The van der Waals surface area contributed by atoms with E-state index in [0.29, 0.717) is 51.8 Å². The molecule has 2 aliphatic rings. The molecule has 0 aromatic heterocycles. The van der Waals surface area contributed by atoms with E-state index in [-0.39, 0.29) is 24.2 Å². The second kappa shape index (κ2) is 11.2. The molecule has 38 heavy (non-hydrogen) atoms. The molecule has 0 saturated heterocycles. The highest BCUT2D eigenvalue weighted by Gasteiger charge is 2.42. The highest BCUT2D eigenvalue weighted by atomic mass is 16.5. The van der Waals surface area contributed by atoms with E-state index in [1.807, 2.05) is 31.2 Å². The first-order valence-electron chi connectivity index (χ1n) is 12.6. The molecule has 0 unspecified atom stereocenters. The lowest BCUT2D eigenvalue weighted by atomic mass is 9.71. The Balaban J connectivity index is 1.83. The average molecular weight is 522 g/mol. The fraction of sp³-hybridized carbons (Fsp3) is 0.400. The predicted molar refractivity (Wildman–Crippen MR) is 143 cm³/mol. The van der Waals surface area contributed by atoms with Crippen LogP contribution in [0.3, 0.4) is 0 Å². The third kappa shape index (κ3) is 5.08. The highest BCUT2D eigenvalue weighted by molar-refractivity contribution is 6.04. The van der Waals surface area contributed by atoms with Crippen molar-refractivity contribution < 1.29 is 33.3 Å². The summed E-state index contributed by atoms with van der Waals surface area (Å²) in [5.41, 5.74) is 4.09. The van der Waals surface area contributed by atoms with Crippen LogP contribution in [-0.4, -0.2) is 46.3 Å². The van der Waals surface area contributed by atoms with Crippen LogP contribution in [0.2, 0.25) is 0 Å². The SMILES string of the molecule is COc1ccc([C@@H]2C(C(=O)OC(C)C)=C(C)NC3=C2C(=O)C[C@H](c2ccc(OC)c(OC)c2)C3)c(OC)c1. The van der Waals surface area contributed by atoms with Crippen LogP contribution >= 0.6 is 0 Å². The minimum atomic E-state index is -0.641. The summed E-state index contributed by atoms with van der Waals surface area (Å²) in [6.45, 7) is 5.45. The molecule has 0 amide bonds. The van der Waals surface area contributed by atoms with Crippen LogP contribution in [0.15, 0.2) is 58.9 Å². The molecule has 0 fully saturated rings. The maximum absolute atomic E-state index is 13.9. The molecule has 1 aliphatic carbocycles. The number of hydrogen-bond acceptors (Lipinski definition) is 8. The largest absolute Gasteiger partial charge is 0.497 e. The van der Waals surface area contributed by atoms with E-state index in [1.165, 1.54) is 0 Å². The van der Waals surface area contributed by atoms with Crippen molar-refractivity contribution in [3.8, 4) is 23.0 Å². The molecule has 202 valence electrons. The molecule has 1 aliphatic heterocycles. The van der Waals surface area contributed by atoms with Gasteiger partial charge in [-0.3, -0.25) is 4.79 Å². The van der Waals surface area contributed by atoms with Gasteiger partial charge in [0.25, 0.3) is 0 Å². The first-order chi connectivity index (χ1) is 18.2. The number of rotatable bonds is 8. The van der Waals surface area contributed by atoms with E-state index >= 15 is 0 Å². The van der Waals surface area contributed by atoms with E-state index in [0.717, 1.165) is 11.3 Å². The van der Waals surface area contributed by atoms with Crippen LogP contribution < -0.4 is 24.3 Å². The van der Waals surface area contributed by atoms with Crippen molar-refractivity contribution in [3.05, 3.63) is 70.1 Å². The molecule has 1 heterocycles. The molecule has 2 aromatic carbocycles. The summed E-state index contributed by atoms with van der Waals surface area (Å²) >= 11 is 0. The molecule has 0 spiro atoms. The standard InChI is InChI=1S/C30H35NO7/c1-16(2)38-30(33)27-17(3)31-22-12-19(18-8-11-24(35-5)26(14-18)37-7)13-23(32)29(22)28(27)21-10-9-20(34-4)15-25(21)36-6/h8-11,14-16,19,28,31H,12-13H2,1-7H3/t19-,28-/m1/s1. The Bertz CT molecular complexity index is 1310. The van der Waals surface area contributed by atoms with Gasteiger partial charge in [0, 0.05) is 35.0 Å². The normalized spacial score (nSPS) is 19.1. The van der Waals surface area contributed by atoms with Gasteiger partial charge in [-0.2, -0.15) is 0 Å². The Morgan fingerprint density at radius 3 is 2.24 bits per heavy atom. The summed E-state index contributed by atoms with van der Waals surface area (Å²) < 4.78 is 27.6. The van der Waals surface area contributed by atoms with Gasteiger partial charge in [0.1, 0.15) is 11.5 Å². The van der Waals surface area contributed by atoms with Crippen LogP contribution in [0.1, 0.15) is 56.6 Å². The lowest BCUT2D eigenvalue weighted by Gasteiger charge is -2.37. The minimum Gasteiger partial charge on any atom is -0.497 e. The molecular formula is C30H35NO7. The molecule has 2 atom stereocenters. The number of benzene rings is 2. The molecule has 4 rings (SSSR count). The van der Waals surface area contributed by atoms with Crippen LogP contribution in [0, 0.1) is 0 Å². The van der Waals surface area contributed by atoms with Gasteiger partial charge in [0.05, 0.1) is 46.0 Å². The zero-order valence-electron chi connectivity index (χ0n) is 23.0. The maximum atomic E-state index is 13.9. The summed E-state index contributed by atoms with van der Waals surface area (Å²) in [6, 6.07) is 11.2. The Kier molecular flexibility index (Phi) is 7.99. The Morgan fingerprint density at radius 2 is 1.61 bits per heavy atom.